The Morgan fingerprint density at radius 3 is 2.45 bits per heavy atom. The summed E-state index contributed by atoms with van der Waals surface area (Å²) in [4.78, 5) is 26.5. The first kappa shape index (κ1) is 22.1. The van der Waals surface area contributed by atoms with Crippen LogP contribution in [0, 0.1) is 0 Å². The van der Waals surface area contributed by atoms with Crippen molar-refractivity contribution in [3.05, 3.63) is 30.3 Å². The first-order chi connectivity index (χ1) is 16.2. The number of aliphatic hydroxyl groups is 1. The fourth-order valence-electron chi connectivity index (χ4n) is 4.23. The zero-order valence-corrected chi connectivity index (χ0v) is 19.8. The van der Waals surface area contributed by atoms with Crippen molar-refractivity contribution in [1.82, 2.24) is 25.3 Å². The lowest BCUT2D eigenvalue weighted by Crippen LogP contribution is -2.44. The van der Waals surface area contributed by atoms with E-state index < -0.39 is 0 Å². The number of thioether (sulfide) groups is 1. The summed E-state index contributed by atoms with van der Waals surface area (Å²) in [6.07, 6.45) is 0. The number of aliphatic hydroxyl groups excluding tert-OH is 1. The highest BCUT2D eigenvalue weighted by molar-refractivity contribution is 7.99. The Balaban J connectivity index is 1.70. The minimum Gasteiger partial charge on any atom is -0.395 e. The molecule has 2 N–H and O–H groups in total. The second-order valence-electron chi connectivity index (χ2n) is 8.26. The van der Waals surface area contributed by atoms with Gasteiger partial charge in [0, 0.05) is 69.9 Å². The molecule has 2 aromatic heterocycles. The van der Waals surface area contributed by atoms with Crippen molar-refractivity contribution in [1.29, 1.82) is 0 Å². The molecule has 174 valence electrons. The largest absolute Gasteiger partial charge is 0.395 e. The van der Waals surface area contributed by atoms with Crippen LogP contribution in [0.15, 0.2) is 30.3 Å². The highest BCUT2D eigenvalue weighted by Gasteiger charge is 2.24. The Bertz CT molecular complexity index is 1090. The molecule has 0 radical (unpaired) electrons. The smallest absolute Gasteiger partial charge is 0.229 e. The van der Waals surface area contributed by atoms with Gasteiger partial charge in [-0.2, -0.15) is 21.7 Å². The maximum absolute atomic E-state index is 9.59. The molecule has 2 fully saturated rings. The number of fused-ring (bicyclic) bond motifs is 1. The Morgan fingerprint density at radius 1 is 0.970 bits per heavy atom. The summed E-state index contributed by atoms with van der Waals surface area (Å²) in [6, 6.07) is 10.2. The number of nitrogens with one attached hydrogen (secondary N) is 1. The van der Waals surface area contributed by atoms with E-state index in [1.54, 1.807) is 0 Å². The van der Waals surface area contributed by atoms with E-state index in [2.05, 4.69) is 27.2 Å². The van der Waals surface area contributed by atoms with Gasteiger partial charge in [-0.1, -0.05) is 30.3 Å². The fourth-order valence-corrected chi connectivity index (χ4v) is 5.13. The standard InChI is InChI=1S/C23H30N8OS/c1-29(11-14-32)21-19-20(27-23(28-21)31-9-7-24-8-10-31)26-22(30-12-15-33-16-13-30)18(25-19)17-5-3-2-4-6-17/h2-6,24,32H,7-16H2,1H3. The summed E-state index contributed by atoms with van der Waals surface area (Å²) >= 11 is 1.97. The van der Waals surface area contributed by atoms with Crippen LogP contribution in [0.2, 0.25) is 0 Å². The SMILES string of the molecule is CN(CCO)c1nc(N2CCNCC2)nc2nc(N3CCSCC3)c(-c3ccccc3)nc12. The Hall–Kier alpha value is -2.69. The zero-order valence-electron chi connectivity index (χ0n) is 18.9. The molecular formula is C23H30N8OS. The van der Waals surface area contributed by atoms with Crippen LogP contribution in [0.1, 0.15) is 0 Å². The molecule has 9 nitrogen and oxygen atoms in total. The summed E-state index contributed by atoms with van der Waals surface area (Å²) in [5.41, 5.74) is 3.15. The van der Waals surface area contributed by atoms with Gasteiger partial charge in [-0.3, -0.25) is 0 Å². The van der Waals surface area contributed by atoms with Crippen LogP contribution < -0.4 is 20.0 Å². The average Bonchev–Trinajstić information content (AvgIpc) is 2.89. The van der Waals surface area contributed by atoms with Crippen LogP contribution in [0.4, 0.5) is 17.6 Å². The molecule has 33 heavy (non-hydrogen) atoms. The summed E-state index contributed by atoms with van der Waals surface area (Å²) in [5.74, 6) is 4.41. The van der Waals surface area contributed by atoms with Crippen molar-refractivity contribution < 1.29 is 5.11 Å². The minimum absolute atomic E-state index is 0.0352. The van der Waals surface area contributed by atoms with Gasteiger partial charge in [0.05, 0.1) is 6.61 Å². The monoisotopic (exact) mass is 466 g/mol. The molecule has 5 rings (SSSR count). The normalized spacial score (nSPS) is 16.9. The minimum atomic E-state index is 0.0352. The topological polar surface area (TPSA) is 93.5 Å². The van der Waals surface area contributed by atoms with Gasteiger partial charge in [-0.05, 0) is 0 Å². The molecule has 3 aromatic rings. The molecular weight excluding hydrogens is 436 g/mol. The van der Waals surface area contributed by atoms with Gasteiger partial charge in [0.2, 0.25) is 5.95 Å². The molecule has 2 aliphatic rings. The lowest BCUT2D eigenvalue weighted by Gasteiger charge is -2.30. The number of likely N-dealkylation sites (N-methyl/N-ethyl adjacent to an activating group) is 1. The van der Waals surface area contributed by atoms with E-state index in [4.69, 9.17) is 19.9 Å². The number of nitrogens with zero attached hydrogens (tertiary/aromatic N) is 7. The number of anilines is 3. The second kappa shape index (κ2) is 10.1. The van der Waals surface area contributed by atoms with Crippen molar-refractivity contribution >= 4 is 40.5 Å². The van der Waals surface area contributed by atoms with E-state index in [9.17, 15) is 5.11 Å². The molecule has 0 saturated carbocycles. The first-order valence-electron chi connectivity index (χ1n) is 11.5. The Morgan fingerprint density at radius 2 is 1.73 bits per heavy atom. The van der Waals surface area contributed by atoms with Crippen molar-refractivity contribution in [3.8, 4) is 11.3 Å². The Kier molecular flexibility index (Phi) is 6.75. The quantitative estimate of drug-likeness (QED) is 0.556. The molecule has 0 unspecified atom stereocenters. The van der Waals surface area contributed by atoms with E-state index in [-0.39, 0.29) is 6.61 Å². The van der Waals surface area contributed by atoms with Crippen molar-refractivity contribution in [3.63, 3.8) is 0 Å². The second-order valence-corrected chi connectivity index (χ2v) is 9.49. The van der Waals surface area contributed by atoms with Crippen LogP contribution in [-0.2, 0) is 0 Å². The first-order valence-corrected chi connectivity index (χ1v) is 12.7. The summed E-state index contributed by atoms with van der Waals surface area (Å²) in [5, 5.41) is 13.0. The van der Waals surface area contributed by atoms with Crippen LogP contribution in [0.25, 0.3) is 22.4 Å². The van der Waals surface area contributed by atoms with Gasteiger partial charge in [-0.25, -0.2) is 9.97 Å². The number of benzene rings is 1. The summed E-state index contributed by atoms with van der Waals surface area (Å²) < 4.78 is 0. The molecule has 2 saturated heterocycles. The van der Waals surface area contributed by atoms with Gasteiger partial charge < -0.3 is 25.1 Å². The summed E-state index contributed by atoms with van der Waals surface area (Å²) in [7, 11) is 1.93. The average molecular weight is 467 g/mol. The van der Waals surface area contributed by atoms with Gasteiger partial charge in [0.25, 0.3) is 0 Å². The van der Waals surface area contributed by atoms with Crippen LogP contribution in [-0.4, -0.2) is 96.0 Å². The maximum Gasteiger partial charge on any atom is 0.229 e. The van der Waals surface area contributed by atoms with Crippen LogP contribution >= 0.6 is 11.8 Å². The van der Waals surface area contributed by atoms with E-state index in [0.29, 0.717) is 29.5 Å². The highest BCUT2D eigenvalue weighted by atomic mass is 32.2. The third-order valence-electron chi connectivity index (χ3n) is 6.04. The van der Waals surface area contributed by atoms with E-state index in [1.807, 2.05) is 41.9 Å². The molecule has 10 heteroatoms. The van der Waals surface area contributed by atoms with Gasteiger partial charge in [0.1, 0.15) is 5.69 Å². The van der Waals surface area contributed by atoms with Crippen LogP contribution in [0.5, 0.6) is 0 Å². The van der Waals surface area contributed by atoms with Gasteiger partial charge in [0.15, 0.2) is 22.8 Å². The third-order valence-corrected chi connectivity index (χ3v) is 6.98. The molecule has 2 aliphatic heterocycles. The lowest BCUT2D eigenvalue weighted by atomic mass is 10.1. The predicted molar refractivity (Wildman–Crippen MR) is 136 cm³/mol. The van der Waals surface area contributed by atoms with E-state index in [1.165, 1.54) is 0 Å². The third kappa shape index (κ3) is 4.68. The molecule has 0 aliphatic carbocycles. The molecule has 4 heterocycles. The van der Waals surface area contributed by atoms with Crippen molar-refractivity contribution in [2.24, 2.45) is 0 Å². The molecule has 0 spiro atoms. The highest BCUT2D eigenvalue weighted by Crippen LogP contribution is 2.33. The lowest BCUT2D eigenvalue weighted by molar-refractivity contribution is 0.304. The van der Waals surface area contributed by atoms with E-state index in [0.717, 1.165) is 67.8 Å². The number of piperazine rings is 1. The Labute approximate surface area is 198 Å². The number of hydrogen-bond donors (Lipinski definition) is 2. The number of rotatable bonds is 6. The maximum atomic E-state index is 9.59. The molecule has 0 amide bonds. The molecule has 0 bridgehead atoms. The number of aromatic nitrogens is 4. The van der Waals surface area contributed by atoms with Crippen LogP contribution in [0.3, 0.4) is 0 Å². The predicted octanol–water partition coefficient (Wildman–Crippen LogP) is 1.48. The molecule has 0 atom stereocenters. The zero-order chi connectivity index (χ0) is 22.6. The summed E-state index contributed by atoms with van der Waals surface area (Å²) in [6.45, 7) is 5.88. The fraction of sp³-hybridized carbons (Fsp3) is 0.478. The van der Waals surface area contributed by atoms with E-state index >= 15 is 0 Å². The number of hydrogen-bond acceptors (Lipinski definition) is 10. The van der Waals surface area contributed by atoms with Crippen molar-refractivity contribution in [2.45, 2.75) is 0 Å². The molecule has 1 aromatic carbocycles. The van der Waals surface area contributed by atoms with Gasteiger partial charge >= 0.3 is 0 Å². The van der Waals surface area contributed by atoms with Gasteiger partial charge in [-0.15, -0.1) is 0 Å². The van der Waals surface area contributed by atoms with Crippen molar-refractivity contribution in [2.75, 3.05) is 85.7 Å².